The van der Waals surface area contributed by atoms with Crippen LogP contribution in [-0.4, -0.2) is 29.0 Å². The second kappa shape index (κ2) is 6.20. The van der Waals surface area contributed by atoms with Crippen molar-refractivity contribution in [3.8, 4) is 11.5 Å². The predicted octanol–water partition coefficient (Wildman–Crippen LogP) is 2.14. The number of hydrogen-bond acceptors (Lipinski definition) is 6. The average molecular weight is 264 g/mol. The molecule has 0 aliphatic carbocycles. The van der Waals surface area contributed by atoms with Gasteiger partial charge in [0.1, 0.15) is 0 Å². The van der Waals surface area contributed by atoms with Crippen molar-refractivity contribution >= 4 is 17.7 Å². The fraction of sp³-hybridized carbons (Fsp3) is 0.250. The van der Waals surface area contributed by atoms with Crippen LogP contribution in [0.4, 0.5) is 0 Å². The van der Waals surface area contributed by atoms with Gasteiger partial charge >= 0.3 is 5.97 Å². The molecule has 0 saturated carbocycles. The molecule has 0 spiro atoms. The number of ether oxygens (including phenoxy) is 1. The van der Waals surface area contributed by atoms with E-state index in [4.69, 9.17) is 4.42 Å². The maximum atomic E-state index is 10.9. The number of carbonyl (C=O) groups excluding carboxylic acids is 1. The Hall–Kier alpha value is -1.82. The van der Waals surface area contributed by atoms with Gasteiger partial charge in [0, 0.05) is 5.56 Å². The van der Waals surface area contributed by atoms with Gasteiger partial charge < -0.3 is 9.15 Å². The van der Waals surface area contributed by atoms with Crippen LogP contribution in [0.25, 0.3) is 11.5 Å². The number of thioether (sulfide) groups is 1. The lowest BCUT2D eigenvalue weighted by atomic mass is 10.2. The highest BCUT2D eigenvalue weighted by Crippen LogP contribution is 2.19. The standard InChI is InChI=1S/C12H12N2O3S/c1-16-11(15)8-18-7-10-13-14-12(17-10)9-5-3-2-4-6-9/h2-6H,7-8H2,1H3. The summed E-state index contributed by atoms with van der Waals surface area (Å²) in [5.41, 5.74) is 0.884. The van der Waals surface area contributed by atoms with Gasteiger partial charge in [-0.05, 0) is 12.1 Å². The Balaban J connectivity index is 1.93. The smallest absolute Gasteiger partial charge is 0.315 e. The Labute approximate surface area is 109 Å². The normalized spacial score (nSPS) is 10.3. The van der Waals surface area contributed by atoms with E-state index in [0.29, 0.717) is 17.5 Å². The van der Waals surface area contributed by atoms with Crippen LogP contribution in [0.1, 0.15) is 5.89 Å². The summed E-state index contributed by atoms with van der Waals surface area (Å²) < 4.78 is 10.0. The van der Waals surface area contributed by atoms with E-state index in [2.05, 4.69) is 14.9 Å². The molecule has 6 heteroatoms. The van der Waals surface area contributed by atoms with E-state index in [-0.39, 0.29) is 11.7 Å². The van der Waals surface area contributed by atoms with E-state index in [1.54, 1.807) is 0 Å². The molecule has 0 amide bonds. The first-order valence-electron chi connectivity index (χ1n) is 5.32. The monoisotopic (exact) mass is 264 g/mol. The van der Waals surface area contributed by atoms with E-state index in [9.17, 15) is 4.79 Å². The average Bonchev–Trinajstić information content (AvgIpc) is 2.88. The Bertz CT molecular complexity index is 513. The number of rotatable bonds is 5. The van der Waals surface area contributed by atoms with Crippen molar-refractivity contribution in [2.24, 2.45) is 0 Å². The number of esters is 1. The minimum Gasteiger partial charge on any atom is -0.468 e. The van der Waals surface area contributed by atoms with Crippen molar-refractivity contribution < 1.29 is 13.9 Å². The van der Waals surface area contributed by atoms with Crippen molar-refractivity contribution in [3.05, 3.63) is 36.2 Å². The van der Waals surface area contributed by atoms with Gasteiger partial charge in [-0.3, -0.25) is 4.79 Å². The van der Waals surface area contributed by atoms with Crippen LogP contribution in [0.5, 0.6) is 0 Å². The third-order valence-electron chi connectivity index (χ3n) is 2.16. The van der Waals surface area contributed by atoms with E-state index in [0.717, 1.165) is 5.56 Å². The summed E-state index contributed by atoms with van der Waals surface area (Å²) in [6.07, 6.45) is 0. The van der Waals surface area contributed by atoms with Crippen LogP contribution in [0.2, 0.25) is 0 Å². The molecule has 2 rings (SSSR count). The first-order chi connectivity index (χ1) is 8.79. The zero-order valence-electron chi connectivity index (χ0n) is 9.83. The van der Waals surface area contributed by atoms with Gasteiger partial charge in [0.15, 0.2) is 0 Å². The second-order valence-electron chi connectivity index (χ2n) is 3.44. The molecule has 1 aromatic heterocycles. The van der Waals surface area contributed by atoms with Crippen molar-refractivity contribution in [3.63, 3.8) is 0 Å². The highest BCUT2D eigenvalue weighted by Gasteiger charge is 2.09. The molecule has 0 fully saturated rings. The highest BCUT2D eigenvalue weighted by molar-refractivity contribution is 7.99. The summed E-state index contributed by atoms with van der Waals surface area (Å²) in [5, 5.41) is 7.88. The fourth-order valence-electron chi connectivity index (χ4n) is 1.29. The van der Waals surface area contributed by atoms with Gasteiger partial charge in [-0.25, -0.2) is 0 Å². The molecular formula is C12H12N2O3S. The van der Waals surface area contributed by atoms with E-state index in [1.807, 2.05) is 30.3 Å². The van der Waals surface area contributed by atoms with E-state index in [1.165, 1.54) is 18.9 Å². The maximum Gasteiger partial charge on any atom is 0.315 e. The van der Waals surface area contributed by atoms with E-state index < -0.39 is 0 Å². The van der Waals surface area contributed by atoms with Gasteiger partial charge in [0.05, 0.1) is 18.6 Å². The molecule has 0 radical (unpaired) electrons. The molecule has 5 nitrogen and oxygen atoms in total. The topological polar surface area (TPSA) is 65.2 Å². The highest BCUT2D eigenvalue weighted by atomic mass is 32.2. The quantitative estimate of drug-likeness (QED) is 0.771. The summed E-state index contributed by atoms with van der Waals surface area (Å²) in [6.45, 7) is 0. The third-order valence-corrected chi connectivity index (χ3v) is 3.05. The number of hydrogen-bond donors (Lipinski definition) is 0. The van der Waals surface area contributed by atoms with Crippen LogP contribution >= 0.6 is 11.8 Å². The van der Waals surface area contributed by atoms with Gasteiger partial charge in [-0.1, -0.05) is 18.2 Å². The summed E-state index contributed by atoms with van der Waals surface area (Å²) in [5.74, 6) is 1.50. The first kappa shape index (κ1) is 12.6. The summed E-state index contributed by atoms with van der Waals surface area (Å²) in [4.78, 5) is 10.9. The molecule has 0 unspecified atom stereocenters. The molecule has 18 heavy (non-hydrogen) atoms. The molecule has 94 valence electrons. The summed E-state index contributed by atoms with van der Waals surface area (Å²) in [7, 11) is 1.36. The lowest BCUT2D eigenvalue weighted by molar-refractivity contribution is -0.137. The van der Waals surface area contributed by atoms with Crippen LogP contribution < -0.4 is 0 Å². The molecule has 1 aromatic carbocycles. The fourth-order valence-corrected chi connectivity index (χ4v) is 1.97. The molecule has 0 aliphatic rings. The Morgan fingerprint density at radius 1 is 1.33 bits per heavy atom. The van der Waals surface area contributed by atoms with Crippen LogP contribution in [0.15, 0.2) is 34.7 Å². The molecule has 1 heterocycles. The van der Waals surface area contributed by atoms with Crippen LogP contribution in [0.3, 0.4) is 0 Å². The Morgan fingerprint density at radius 3 is 2.83 bits per heavy atom. The molecule has 0 saturated heterocycles. The van der Waals surface area contributed by atoms with Crippen molar-refractivity contribution in [2.45, 2.75) is 5.75 Å². The summed E-state index contributed by atoms with van der Waals surface area (Å²) >= 11 is 1.38. The predicted molar refractivity (Wildman–Crippen MR) is 67.9 cm³/mol. The molecule has 0 atom stereocenters. The van der Waals surface area contributed by atoms with Crippen molar-refractivity contribution in [2.75, 3.05) is 12.9 Å². The number of aromatic nitrogens is 2. The Morgan fingerprint density at radius 2 is 2.11 bits per heavy atom. The van der Waals surface area contributed by atoms with Crippen LogP contribution in [-0.2, 0) is 15.3 Å². The number of methoxy groups -OCH3 is 1. The lowest BCUT2D eigenvalue weighted by Crippen LogP contribution is -2.03. The van der Waals surface area contributed by atoms with Gasteiger partial charge in [-0.2, -0.15) is 0 Å². The van der Waals surface area contributed by atoms with Crippen molar-refractivity contribution in [1.29, 1.82) is 0 Å². The SMILES string of the molecule is COC(=O)CSCc1nnc(-c2ccccc2)o1. The number of benzene rings is 1. The van der Waals surface area contributed by atoms with Gasteiger partial charge in [0.2, 0.25) is 11.8 Å². The minimum atomic E-state index is -0.261. The van der Waals surface area contributed by atoms with Crippen LogP contribution in [0, 0.1) is 0 Å². The Kier molecular flexibility index (Phi) is 4.35. The molecule has 0 aliphatic heterocycles. The molecule has 0 N–H and O–H groups in total. The number of nitrogens with zero attached hydrogens (tertiary/aromatic N) is 2. The van der Waals surface area contributed by atoms with Gasteiger partial charge in [0.25, 0.3) is 0 Å². The zero-order valence-corrected chi connectivity index (χ0v) is 10.6. The number of carbonyl (C=O) groups is 1. The molecule has 0 bridgehead atoms. The second-order valence-corrected chi connectivity index (χ2v) is 4.42. The maximum absolute atomic E-state index is 10.9. The summed E-state index contributed by atoms with van der Waals surface area (Å²) in [6, 6.07) is 9.54. The third kappa shape index (κ3) is 3.33. The van der Waals surface area contributed by atoms with Crippen molar-refractivity contribution in [1.82, 2.24) is 10.2 Å². The van der Waals surface area contributed by atoms with Gasteiger partial charge in [-0.15, -0.1) is 22.0 Å². The molecular weight excluding hydrogens is 252 g/mol. The first-order valence-corrected chi connectivity index (χ1v) is 6.47. The largest absolute Gasteiger partial charge is 0.468 e. The zero-order chi connectivity index (χ0) is 12.8. The minimum absolute atomic E-state index is 0.261. The van der Waals surface area contributed by atoms with E-state index >= 15 is 0 Å². The molecule has 2 aromatic rings. The lowest BCUT2D eigenvalue weighted by Gasteiger charge is -1.96.